The van der Waals surface area contributed by atoms with Gasteiger partial charge in [0.05, 0.1) is 29.5 Å². The molecule has 0 aliphatic carbocycles. The molecule has 2 aromatic heterocycles. The van der Waals surface area contributed by atoms with Crippen LogP contribution in [-0.2, 0) is 22.6 Å². The Labute approximate surface area is 223 Å². The van der Waals surface area contributed by atoms with Gasteiger partial charge in [-0.25, -0.2) is 9.78 Å². The number of nitrogens with zero attached hydrogens (tertiary/aromatic N) is 6. The number of nitrogen functional groups attached to an aromatic ring is 1. The molecule has 0 bridgehead atoms. The molecule has 4 heterocycles. The van der Waals surface area contributed by atoms with Crippen molar-refractivity contribution in [3.8, 4) is 5.75 Å². The number of rotatable bonds is 6. The van der Waals surface area contributed by atoms with Gasteiger partial charge >= 0.3 is 6.03 Å². The molecule has 0 saturated carbocycles. The fourth-order valence-corrected chi connectivity index (χ4v) is 6.00. The summed E-state index contributed by atoms with van der Waals surface area (Å²) in [6.07, 6.45) is 0.929. The highest BCUT2D eigenvalue weighted by Crippen LogP contribution is 2.32. The minimum absolute atomic E-state index is 0.0143. The zero-order chi connectivity index (χ0) is 27.1. The number of aromatic hydroxyl groups is 1. The van der Waals surface area contributed by atoms with Crippen LogP contribution in [0.4, 0.5) is 9.93 Å². The summed E-state index contributed by atoms with van der Waals surface area (Å²) in [5, 5.41) is 16.0. The number of fused-ring (bicyclic) bond motifs is 2. The lowest BCUT2D eigenvalue weighted by atomic mass is 10.0. The number of anilines is 1. The number of benzene rings is 1. The predicted molar refractivity (Wildman–Crippen MR) is 142 cm³/mol. The molecule has 4 amide bonds. The maximum absolute atomic E-state index is 13.9. The Hall–Kier alpha value is -3.97. The molecular formula is C25H30N8O4S. The van der Waals surface area contributed by atoms with Crippen molar-refractivity contribution in [2.24, 2.45) is 0 Å². The van der Waals surface area contributed by atoms with Gasteiger partial charge in [0.25, 0.3) is 0 Å². The molecule has 0 radical (unpaired) electrons. The second kappa shape index (κ2) is 10.1. The standard InChI is InChI=1S/C25H30N8O4S/c1-14(2)33(25(37)27-3)31-13-21(35)32-18(9-16-7-8-17(34)10-28-16)23(36)30(12-20(31)32)11-15-5-4-6-19-22(15)29-24(26)38-19/h4-8,10,14,18,20,34H,9,11-13H2,1-3H3,(H2,26,29)(H,27,37)/t18-,20+/m0/s1. The number of carbonyl (C=O) groups excluding carboxylic acids is 3. The maximum atomic E-state index is 13.9. The fraction of sp³-hybridized carbons (Fsp3) is 0.400. The van der Waals surface area contributed by atoms with Crippen molar-refractivity contribution in [2.45, 2.75) is 45.1 Å². The number of piperazine rings is 1. The van der Waals surface area contributed by atoms with Crippen LogP contribution in [0.1, 0.15) is 25.1 Å². The maximum Gasteiger partial charge on any atom is 0.331 e. The topological polar surface area (TPSA) is 148 Å². The van der Waals surface area contributed by atoms with Crippen molar-refractivity contribution in [3.63, 3.8) is 0 Å². The second-order valence-corrected chi connectivity index (χ2v) is 10.7. The number of aromatic nitrogens is 2. The van der Waals surface area contributed by atoms with E-state index in [1.54, 1.807) is 27.9 Å². The summed E-state index contributed by atoms with van der Waals surface area (Å²) in [5.41, 5.74) is 8.11. The highest BCUT2D eigenvalue weighted by Gasteiger charge is 2.52. The van der Waals surface area contributed by atoms with Crippen LogP contribution in [-0.4, -0.2) is 91.1 Å². The van der Waals surface area contributed by atoms with E-state index in [9.17, 15) is 19.5 Å². The molecule has 5 rings (SSSR count). The van der Waals surface area contributed by atoms with Gasteiger partial charge in [0.2, 0.25) is 11.8 Å². The smallest absolute Gasteiger partial charge is 0.331 e. The van der Waals surface area contributed by atoms with E-state index in [1.807, 2.05) is 32.0 Å². The van der Waals surface area contributed by atoms with Crippen molar-refractivity contribution >= 4 is 44.5 Å². The lowest BCUT2D eigenvalue weighted by Gasteiger charge is -2.47. The number of para-hydroxylation sites is 1. The minimum Gasteiger partial charge on any atom is -0.506 e. The Morgan fingerprint density at radius 2 is 2.08 bits per heavy atom. The van der Waals surface area contributed by atoms with E-state index < -0.39 is 12.2 Å². The summed E-state index contributed by atoms with van der Waals surface area (Å²) < 4.78 is 0.930. The Morgan fingerprint density at radius 1 is 1.29 bits per heavy atom. The van der Waals surface area contributed by atoms with Gasteiger partial charge in [-0.05, 0) is 37.6 Å². The van der Waals surface area contributed by atoms with E-state index in [0.717, 1.165) is 15.8 Å². The predicted octanol–water partition coefficient (Wildman–Crippen LogP) is 1.37. The second-order valence-electron chi connectivity index (χ2n) is 9.64. The van der Waals surface area contributed by atoms with E-state index in [4.69, 9.17) is 5.73 Å². The lowest BCUT2D eigenvalue weighted by Crippen LogP contribution is -2.66. The molecule has 0 spiro atoms. The van der Waals surface area contributed by atoms with Gasteiger partial charge in [0, 0.05) is 31.7 Å². The van der Waals surface area contributed by atoms with Crippen LogP contribution >= 0.6 is 11.3 Å². The average molecular weight is 539 g/mol. The molecule has 200 valence electrons. The number of amides is 4. The quantitative estimate of drug-likeness (QED) is 0.426. The van der Waals surface area contributed by atoms with Crippen molar-refractivity contribution < 1.29 is 19.5 Å². The van der Waals surface area contributed by atoms with Crippen molar-refractivity contribution in [1.29, 1.82) is 0 Å². The molecule has 13 heteroatoms. The molecule has 2 atom stereocenters. The first kappa shape index (κ1) is 25.7. The zero-order valence-corrected chi connectivity index (χ0v) is 22.2. The molecule has 3 aromatic rings. The number of thiazole rings is 1. The zero-order valence-electron chi connectivity index (χ0n) is 21.4. The van der Waals surface area contributed by atoms with Gasteiger partial charge in [0.15, 0.2) is 5.13 Å². The summed E-state index contributed by atoms with van der Waals surface area (Å²) in [7, 11) is 1.55. The van der Waals surface area contributed by atoms with Crippen LogP contribution in [0.15, 0.2) is 36.5 Å². The van der Waals surface area contributed by atoms with Gasteiger partial charge in [-0.2, -0.15) is 5.01 Å². The van der Waals surface area contributed by atoms with E-state index in [1.165, 1.54) is 28.6 Å². The number of pyridine rings is 1. The summed E-state index contributed by atoms with van der Waals surface area (Å²) >= 11 is 1.38. The number of hydrogen-bond donors (Lipinski definition) is 3. The molecule has 2 aliphatic heterocycles. The van der Waals surface area contributed by atoms with E-state index in [0.29, 0.717) is 10.8 Å². The van der Waals surface area contributed by atoms with E-state index >= 15 is 0 Å². The SMILES string of the molecule is CNC(=O)N(C(C)C)N1CC(=O)N2[C@@H](Cc3ccc(O)cn3)C(=O)N(Cc3cccc4sc(N)nc34)C[C@@H]21. The van der Waals surface area contributed by atoms with Gasteiger partial charge in [-0.15, -0.1) is 0 Å². The van der Waals surface area contributed by atoms with Crippen molar-refractivity contribution in [1.82, 2.24) is 35.1 Å². The third kappa shape index (κ3) is 4.58. The van der Waals surface area contributed by atoms with E-state index in [2.05, 4.69) is 15.3 Å². The first-order chi connectivity index (χ1) is 18.2. The Bertz CT molecular complexity index is 1380. The average Bonchev–Trinajstić information content (AvgIpc) is 3.42. The van der Waals surface area contributed by atoms with Crippen LogP contribution in [0, 0.1) is 0 Å². The van der Waals surface area contributed by atoms with Crippen molar-refractivity contribution in [2.75, 3.05) is 25.9 Å². The minimum atomic E-state index is -0.832. The third-order valence-corrected chi connectivity index (χ3v) is 7.70. The Kier molecular flexibility index (Phi) is 6.80. The number of hydrazine groups is 1. The molecule has 0 unspecified atom stereocenters. The van der Waals surface area contributed by atoms with Gasteiger partial charge in [-0.1, -0.05) is 23.5 Å². The first-order valence-corrected chi connectivity index (χ1v) is 13.1. The highest BCUT2D eigenvalue weighted by molar-refractivity contribution is 7.22. The number of urea groups is 1. The molecule has 2 aliphatic rings. The summed E-state index contributed by atoms with van der Waals surface area (Å²) in [4.78, 5) is 52.1. The Balaban J connectivity index is 1.53. The summed E-state index contributed by atoms with van der Waals surface area (Å²) in [5.74, 6) is -0.446. The molecule has 4 N–H and O–H groups in total. The normalized spacial score (nSPS) is 19.9. The van der Waals surface area contributed by atoms with Gasteiger partial charge in [0.1, 0.15) is 18.0 Å². The van der Waals surface area contributed by atoms with Crippen LogP contribution in [0.2, 0.25) is 0 Å². The highest BCUT2D eigenvalue weighted by atomic mass is 32.1. The first-order valence-electron chi connectivity index (χ1n) is 12.3. The number of nitrogens with two attached hydrogens (primary N) is 1. The lowest BCUT2D eigenvalue weighted by molar-refractivity contribution is -0.158. The van der Waals surface area contributed by atoms with Gasteiger partial charge in [-0.3, -0.25) is 19.6 Å². The van der Waals surface area contributed by atoms with Crippen LogP contribution in [0.3, 0.4) is 0 Å². The molecular weight excluding hydrogens is 508 g/mol. The number of nitrogens with one attached hydrogen (secondary N) is 1. The molecule has 2 saturated heterocycles. The summed E-state index contributed by atoms with van der Waals surface area (Å²) in [6.45, 7) is 4.20. The van der Waals surface area contributed by atoms with Crippen molar-refractivity contribution in [3.05, 3.63) is 47.8 Å². The monoisotopic (exact) mass is 538 g/mol. The molecule has 1 aromatic carbocycles. The van der Waals surface area contributed by atoms with Gasteiger partial charge < -0.3 is 26.0 Å². The third-order valence-electron chi connectivity index (χ3n) is 6.85. The van der Waals surface area contributed by atoms with Crippen LogP contribution in [0.5, 0.6) is 5.75 Å². The van der Waals surface area contributed by atoms with Crippen LogP contribution in [0.25, 0.3) is 10.2 Å². The largest absolute Gasteiger partial charge is 0.506 e. The van der Waals surface area contributed by atoms with Crippen LogP contribution < -0.4 is 11.1 Å². The van der Waals surface area contributed by atoms with E-state index in [-0.39, 0.29) is 55.7 Å². The fourth-order valence-electron chi connectivity index (χ4n) is 5.22. The number of hydrogen-bond acceptors (Lipinski definition) is 9. The molecule has 38 heavy (non-hydrogen) atoms. The molecule has 2 fully saturated rings. The summed E-state index contributed by atoms with van der Waals surface area (Å²) in [6, 6.07) is 7.51. The Morgan fingerprint density at radius 3 is 2.76 bits per heavy atom. The number of carbonyl (C=O) groups is 3. The molecule has 12 nitrogen and oxygen atoms in total.